The summed E-state index contributed by atoms with van der Waals surface area (Å²) in [6.07, 6.45) is 3.56. The Hall–Kier alpha value is -3.54. The van der Waals surface area contributed by atoms with Crippen molar-refractivity contribution in [3.63, 3.8) is 0 Å². The molecule has 0 saturated heterocycles. The van der Waals surface area contributed by atoms with Gasteiger partial charge in [0.15, 0.2) is 6.61 Å². The molecule has 0 spiro atoms. The lowest BCUT2D eigenvalue weighted by molar-refractivity contribution is -0.144. The van der Waals surface area contributed by atoms with Crippen LogP contribution >= 0.6 is 0 Å². The third-order valence-corrected chi connectivity index (χ3v) is 4.77. The summed E-state index contributed by atoms with van der Waals surface area (Å²) in [6, 6.07) is 14.4. The fraction of sp³-hybridized carbons (Fsp3) is 0.280. The normalized spacial score (nSPS) is 10.6. The summed E-state index contributed by atoms with van der Waals surface area (Å²) in [5.41, 5.74) is 2.04. The van der Waals surface area contributed by atoms with Gasteiger partial charge in [-0.2, -0.15) is 0 Å². The van der Waals surface area contributed by atoms with Gasteiger partial charge in [-0.1, -0.05) is 32.1 Å². The van der Waals surface area contributed by atoms with Gasteiger partial charge in [0, 0.05) is 16.6 Å². The monoisotopic (exact) mass is 421 g/mol. The molecule has 0 aliphatic heterocycles. The molecule has 1 aromatic heterocycles. The van der Waals surface area contributed by atoms with Crippen molar-refractivity contribution in [1.82, 2.24) is 4.57 Å². The lowest BCUT2D eigenvalue weighted by atomic mass is 10.2. The highest BCUT2D eigenvalue weighted by Gasteiger charge is 2.17. The maximum atomic E-state index is 13.2. The molecule has 0 radical (unpaired) electrons. The van der Waals surface area contributed by atoms with E-state index in [-0.39, 0.29) is 19.1 Å². The number of fused-ring (bicyclic) bond motifs is 1. The van der Waals surface area contributed by atoms with Crippen LogP contribution in [0.4, 0.5) is 0 Å². The lowest BCUT2D eigenvalue weighted by Gasteiger charge is -2.10. The van der Waals surface area contributed by atoms with Crippen molar-refractivity contribution in [2.75, 3.05) is 19.8 Å². The first-order valence-electron chi connectivity index (χ1n) is 10.3. The van der Waals surface area contributed by atoms with Crippen LogP contribution in [0.2, 0.25) is 0 Å². The van der Waals surface area contributed by atoms with Gasteiger partial charge in [-0.05, 0) is 55.8 Å². The Morgan fingerprint density at radius 3 is 2.58 bits per heavy atom. The molecular formula is C25H27NO5. The molecule has 0 bridgehead atoms. The Labute approximate surface area is 182 Å². The highest BCUT2D eigenvalue weighted by Crippen LogP contribution is 2.29. The van der Waals surface area contributed by atoms with Crippen LogP contribution in [0.1, 0.15) is 35.8 Å². The van der Waals surface area contributed by atoms with Crippen molar-refractivity contribution >= 4 is 22.8 Å². The predicted molar refractivity (Wildman–Crippen MR) is 120 cm³/mol. The van der Waals surface area contributed by atoms with Crippen molar-refractivity contribution in [2.24, 2.45) is 0 Å². The molecule has 0 unspecified atom stereocenters. The molecule has 162 valence electrons. The van der Waals surface area contributed by atoms with E-state index in [0.717, 1.165) is 29.7 Å². The molecule has 0 saturated carbocycles. The third kappa shape index (κ3) is 5.34. The molecule has 0 amide bonds. The van der Waals surface area contributed by atoms with E-state index in [4.69, 9.17) is 14.2 Å². The number of hydrogen-bond acceptors (Lipinski definition) is 5. The molecule has 3 rings (SSSR count). The van der Waals surface area contributed by atoms with Crippen LogP contribution in [-0.4, -0.2) is 36.3 Å². The topological polar surface area (TPSA) is 66.8 Å². The first-order chi connectivity index (χ1) is 15.0. The van der Waals surface area contributed by atoms with Crippen molar-refractivity contribution in [3.05, 3.63) is 72.4 Å². The van der Waals surface area contributed by atoms with E-state index in [1.54, 1.807) is 28.8 Å². The van der Waals surface area contributed by atoms with Crippen molar-refractivity contribution in [2.45, 2.75) is 26.7 Å². The summed E-state index contributed by atoms with van der Waals surface area (Å²) in [5.74, 6) is 0.640. The lowest BCUT2D eigenvalue weighted by Crippen LogP contribution is -2.15. The Morgan fingerprint density at radius 2 is 1.87 bits per heavy atom. The number of benzene rings is 2. The van der Waals surface area contributed by atoms with E-state index in [9.17, 15) is 9.59 Å². The number of hydrogen-bond donors (Lipinski definition) is 0. The first kappa shape index (κ1) is 22.2. The molecule has 6 heteroatoms. The number of carbonyl (C=O) groups is 2. The minimum atomic E-state index is -0.481. The van der Waals surface area contributed by atoms with Gasteiger partial charge in [-0.15, -0.1) is 0 Å². The number of esters is 1. The molecule has 3 aromatic rings. The van der Waals surface area contributed by atoms with Crippen LogP contribution in [0.15, 0.2) is 61.2 Å². The molecule has 0 fully saturated rings. The summed E-state index contributed by atoms with van der Waals surface area (Å²) in [4.78, 5) is 24.9. The molecule has 0 N–H and O–H groups in total. The number of carbonyl (C=O) groups excluding carboxylic acids is 2. The number of nitrogens with zero attached hydrogens (tertiary/aromatic N) is 1. The number of rotatable bonds is 10. The number of aryl methyl sites for hydroxylation is 1. The number of ether oxygens (including phenoxy) is 3. The van der Waals surface area contributed by atoms with Crippen molar-refractivity contribution < 1.29 is 23.8 Å². The van der Waals surface area contributed by atoms with Gasteiger partial charge >= 0.3 is 5.97 Å². The van der Waals surface area contributed by atoms with Crippen LogP contribution in [0.3, 0.4) is 0 Å². The van der Waals surface area contributed by atoms with E-state index in [0.29, 0.717) is 23.4 Å². The quantitative estimate of drug-likeness (QED) is 0.264. The molecule has 0 atom stereocenters. The van der Waals surface area contributed by atoms with Crippen LogP contribution < -0.4 is 9.47 Å². The van der Waals surface area contributed by atoms with E-state index in [2.05, 4.69) is 13.5 Å². The average Bonchev–Trinajstić information content (AvgIpc) is 3.12. The fourth-order valence-corrected chi connectivity index (χ4v) is 3.22. The summed E-state index contributed by atoms with van der Waals surface area (Å²) in [6.45, 7) is 8.06. The minimum Gasteiger partial charge on any atom is -0.494 e. The highest BCUT2D eigenvalue weighted by molar-refractivity contribution is 6.04. The average molecular weight is 421 g/mol. The minimum absolute atomic E-state index is 0.138. The second kappa shape index (κ2) is 10.5. The Kier molecular flexibility index (Phi) is 7.49. The van der Waals surface area contributed by atoms with Gasteiger partial charge < -0.3 is 14.2 Å². The van der Waals surface area contributed by atoms with Gasteiger partial charge in [-0.25, -0.2) is 4.79 Å². The zero-order valence-corrected chi connectivity index (χ0v) is 17.9. The first-order valence-corrected chi connectivity index (χ1v) is 10.3. The maximum absolute atomic E-state index is 13.2. The van der Waals surface area contributed by atoms with Crippen LogP contribution in [0.5, 0.6) is 11.5 Å². The number of aromatic nitrogens is 1. The molecule has 0 aliphatic carbocycles. The third-order valence-electron chi connectivity index (χ3n) is 4.77. The van der Waals surface area contributed by atoms with Gasteiger partial charge in [0.2, 0.25) is 0 Å². The van der Waals surface area contributed by atoms with Crippen LogP contribution in [0.25, 0.3) is 10.9 Å². The summed E-state index contributed by atoms with van der Waals surface area (Å²) in [5, 5.41) is 0.754. The molecular weight excluding hydrogens is 394 g/mol. The van der Waals surface area contributed by atoms with Crippen molar-refractivity contribution in [1.29, 1.82) is 0 Å². The molecule has 6 nitrogen and oxygen atoms in total. The van der Waals surface area contributed by atoms with E-state index in [1.165, 1.54) is 6.08 Å². The van der Waals surface area contributed by atoms with E-state index >= 15 is 0 Å². The predicted octanol–water partition coefficient (Wildman–Crippen LogP) is 4.93. The molecule has 1 heterocycles. The smallest absolute Gasteiger partial charge is 0.344 e. The summed E-state index contributed by atoms with van der Waals surface area (Å²) < 4.78 is 17.9. The van der Waals surface area contributed by atoms with E-state index in [1.807, 2.05) is 31.2 Å². The highest BCUT2D eigenvalue weighted by atomic mass is 16.6. The van der Waals surface area contributed by atoms with Gasteiger partial charge in [0.05, 0.1) is 12.1 Å². The maximum Gasteiger partial charge on any atom is 0.344 e. The zero-order chi connectivity index (χ0) is 22.2. The molecule has 2 aromatic carbocycles. The summed E-state index contributed by atoms with van der Waals surface area (Å²) in [7, 11) is 0. The molecule has 31 heavy (non-hydrogen) atoms. The Balaban J connectivity index is 1.81. The second-order valence-corrected chi connectivity index (χ2v) is 7.10. The van der Waals surface area contributed by atoms with Gasteiger partial charge in [0.25, 0.3) is 5.91 Å². The SMILES string of the molecule is C=CCOC(=O)COc1cccc2c1cc(C)n2C(=O)c1ccc(OCCCC)cc1. The van der Waals surface area contributed by atoms with Gasteiger partial charge in [0.1, 0.15) is 18.1 Å². The molecule has 0 aliphatic rings. The van der Waals surface area contributed by atoms with Crippen molar-refractivity contribution in [3.8, 4) is 11.5 Å². The van der Waals surface area contributed by atoms with E-state index < -0.39 is 5.97 Å². The fourth-order valence-electron chi connectivity index (χ4n) is 3.22. The van der Waals surface area contributed by atoms with Crippen LogP contribution in [-0.2, 0) is 9.53 Å². The zero-order valence-electron chi connectivity index (χ0n) is 17.9. The van der Waals surface area contributed by atoms with Crippen LogP contribution in [0, 0.1) is 6.92 Å². The Bertz CT molecular complexity index is 1070. The second-order valence-electron chi connectivity index (χ2n) is 7.10. The summed E-state index contributed by atoms with van der Waals surface area (Å²) >= 11 is 0. The standard InChI is InChI=1S/C25H27NO5/c1-4-6-15-29-20-12-10-19(11-13-20)25(28)26-18(3)16-21-22(26)8-7-9-23(21)31-17-24(27)30-14-5-2/h5,7-13,16H,2,4,6,14-15,17H2,1,3H3. The largest absolute Gasteiger partial charge is 0.494 e. The Morgan fingerprint density at radius 1 is 1.10 bits per heavy atom. The van der Waals surface area contributed by atoms with Gasteiger partial charge in [-0.3, -0.25) is 9.36 Å². The number of unbranched alkanes of at least 4 members (excludes halogenated alkanes) is 1.